The predicted molar refractivity (Wildman–Crippen MR) is 94.4 cm³/mol. The first-order chi connectivity index (χ1) is 11.9. The Kier molecular flexibility index (Phi) is 3.91. The van der Waals surface area contributed by atoms with Crippen LogP contribution in [0.15, 0.2) is 35.4 Å². The Morgan fingerprint density at radius 3 is 2.48 bits per heavy atom. The topological polar surface area (TPSA) is 81.1 Å². The molecule has 0 bridgehead atoms. The summed E-state index contributed by atoms with van der Waals surface area (Å²) in [5.41, 5.74) is 1.95. The van der Waals surface area contributed by atoms with Crippen molar-refractivity contribution in [3.8, 4) is 0 Å². The van der Waals surface area contributed by atoms with Crippen molar-refractivity contribution < 1.29 is 13.2 Å². The summed E-state index contributed by atoms with van der Waals surface area (Å²) in [6.07, 6.45) is 7.98. The maximum absolute atomic E-state index is 12.3. The van der Waals surface area contributed by atoms with Gasteiger partial charge in [0.25, 0.3) is 0 Å². The molecule has 2 aliphatic rings. The Balaban J connectivity index is 1.71. The third-order valence-electron chi connectivity index (χ3n) is 5.23. The lowest BCUT2D eigenvalue weighted by Crippen LogP contribution is -2.25. The lowest BCUT2D eigenvalue weighted by Gasteiger charge is -2.25. The van der Waals surface area contributed by atoms with Gasteiger partial charge in [0.05, 0.1) is 17.1 Å². The Labute approximate surface area is 147 Å². The van der Waals surface area contributed by atoms with Gasteiger partial charge in [-0.25, -0.2) is 13.1 Å². The summed E-state index contributed by atoms with van der Waals surface area (Å²) in [6.45, 7) is 0. The summed E-state index contributed by atoms with van der Waals surface area (Å²) in [5.74, 6) is 0.692. The average molecular weight is 359 g/mol. The second-order valence-electron chi connectivity index (χ2n) is 6.98. The SMILES string of the molecule is CS(=O)(=O)c1ccc(C2CC(=O)Nc3c2cnn3C2CCCC2)cc1. The Morgan fingerprint density at radius 1 is 1.16 bits per heavy atom. The number of fused-ring (bicyclic) bond motifs is 1. The molecule has 1 amide bonds. The minimum absolute atomic E-state index is 0.0237. The third-order valence-corrected chi connectivity index (χ3v) is 6.36. The standard InChI is InChI=1S/C18H21N3O3S/c1-25(23,24)14-8-6-12(7-9-14)15-10-17(22)20-18-16(15)11-19-21(18)13-4-2-3-5-13/h6-9,11,13,15H,2-5,10H2,1H3,(H,20,22). The van der Waals surface area contributed by atoms with E-state index in [2.05, 4.69) is 10.4 Å². The van der Waals surface area contributed by atoms with Gasteiger partial charge in [0, 0.05) is 24.2 Å². The van der Waals surface area contributed by atoms with Gasteiger partial charge in [-0.2, -0.15) is 5.10 Å². The van der Waals surface area contributed by atoms with Crippen LogP contribution in [-0.4, -0.2) is 30.4 Å². The predicted octanol–water partition coefficient (Wildman–Crippen LogP) is 2.88. The first kappa shape index (κ1) is 16.3. The highest BCUT2D eigenvalue weighted by atomic mass is 32.2. The van der Waals surface area contributed by atoms with Crippen molar-refractivity contribution >= 4 is 21.6 Å². The molecule has 1 aliphatic heterocycles. The van der Waals surface area contributed by atoms with Crippen LogP contribution in [0, 0.1) is 0 Å². The number of nitrogens with zero attached hydrogens (tertiary/aromatic N) is 2. The molecule has 1 aromatic heterocycles. The zero-order chi connectivity index (χ0) is 17.6. The highest BCUT2D eigenvalue weighted by Crippen LogP contribution is 2.40. The van der Waals surface area contributed by atoms with Crippen LogP contribution in [0.5, 0.6) is 0 Å². The van der Waals surface area contributed by atoms with E-state index in [1.807, 2.05) is 10.9 Å². The van der Waals surface area contributed by atoms with Crippen LogP contribution in [0.3, 0.4) is 0 Å². The number of rotatable bonds is 3. The van der Waals surface area contributed by atoms with Crippen molar-refractivity contribution in [1.29, 1.82) is 0 Å². The summed E-state index contributed by atoms with van der Waals surface area (Å²) in [7, 11) is -3.22. The van der Waals surface area contributed by atoms with Crippen LogP contribution >= 0.6 is 0 Å². The summed E-state index contributed by atoms with van der Waals surface area (Å²) in [5, 5.41) is 7.54. The van der Waals surface area contributed by atoms with Crippen molar-refractivity contribution in [3.05, 3.63) is 41.6 Å². The number of benzene rings is 1. The molecule has 1 aliphatic carbocycles. The number of nitrogens with one attached hydrogen (secondary N) is 1. The maximum atomic E-state index is 12.3. The fourth-order valence-electron chi connectivity index (χ4n) is 3.91. The Morgan fingerprint density at radius 2 is 1.84 bits per heavy atom. The lowest BCUT2D eigenvalue weighted by atomic mass is 9.87. The molecule has 132 valence electrons. The van der Waals surface area contributed by atoms with Gasteiger partial charge in [-0.05, 0) is 30.5 Å². The number of hydrogen-bond donors (Lipinski definition) is 1. The summed E-state index contributed by atoms with van der Waals surface area (Å²) in [6, 6.07) is 7.18. The molecule has 2 aromatic rings. The molecule has 1 N–H and O–H groups in total. The fraction of sp³-hybridized carbons (Fsp3) is 0.444. The number of carbonyl (C=O) groups excluding carboxylic acids is 1. The number of hydrogen-bond acceptors (Lipinski definition) is 4. The molecule has 0 radical (unpaired) electrons. The molecule has 4 rings (SSSR count). The van der Waals surface area contributed by atoms with Gasteiger partial charge < -0.3 is 5.32 Å². The van der Waals surface area contributed by atoms with Crippen LogP contribution in [0.25, 0.3) is 0 Å². The van der Waals surface area contributed by atoms with Gasteiger partial charge in [-0.3, -0.25) is 4.79 Å². The first-order valence-electron chi connectivity index (χ1n) is 8.61. The number of sulfone groups is 1. The Bertz CT molecular complexity index is 910. The molecule has 25 heavy (non-hydrogen) atoms. The molecule has 0 saturated heterocycles. The van der Waals surface area contributed by atoms with Crippen molar-refractivity contribution in [3.63, 3.8) is 0 Å². The summed E-state index contributed by atoms with van der Waals surface area (Å²) >= 11 is 0. The second kappa shape index (κ2) is 5.98. The van der Waals surface area contributed by atoms with Crippen LogP contribution < -0.4 is 5.32 Å². The largest absolute Gasteiger partial charge is 0.311 e. The fourth-order valence-corrected chi connectivity index (χ4v) is 4.54. The number of aromatic nitrogens is 2. The molecule has 0 spiro atoms. The highest BCUT2D eigenvalue weighted by molar-refractivity contribution is 7.90. The minimum atomic E-state index is -3.22. The quantitative estimate of drug-likeness (QED) is 0.914. The zero-order valence-electron chi connectivity index (χ0n) is 14.1. The van der Waals surface area contributed by atoms with Gasteiger partial charge in [0.15, 0.2) is 9.84 Å². The van der Waals surface area contributed by atoms with E-state index in [9.17, 15) is 13.2 Å². The second-order valence-corrected chi connectivity index (χ2v) is 8.99. The molecule has 1 atom stereocenters. The smallest absolute Gasteiger partial charge is 0.226 e. The van der Waals surface area contributed by atoms with Crippen molar-refractivity contribution in [2.45, 2.75) is 49.0 Å². The van der Waals surface area contributed by atoms with E-state index in [0.29, 0.717) is 17.4 Å². The molecule has 7 heteroatoms. The van der Waals surface area contributed by atoms with E-state index in [1.165, 1.54) is 19.1 Å². The van der Waals surface area contributed by atoms with E-state index in [-0.39, 0.29) is 11.8 Å². The molecule has 2 heterocycles. The number of carbonyl (C=O) groups is 1. The van der Waals surface area contributed by atoms with E-state index >= 15 is 0 Å². The van der Waals surface area contributed by atoms with Gasteiger partial charge >= 0.3 is 0 Å². The molecule has 6 nitrogen and oxygen atoms in total. The number of anilines is 1. The van der Waals surface area contributed by atoms with E-state index < -0.39 is 9.84 Å². The molecule has 1 aromatic carbocycles. The monoisotopic (exact) mass is 359 g/mol. The van der Waals surface area contributed by atoms with Gasteiger partial charge in [-0.15, -0.1) is 0 Å². The van der Waals surface area contributed by atoms with Crippen molar-refractivity contribution in [1.82, 2.24) is 9.78 Å². The van der Waals surface area contributed by atoms with Crippen LogP contribution in [0.4, 0.5) is 5.82 Å². The molecule has 1 unspecified atom stereocenters. The first-order valence-corrected chi connectivity index (χ1v) is 10.5. The van der Waals surface area contributed by atoms with E-state index in [4.69, 9.17) is 0 Å². The minimum Gasteiger partial charge on any atom is -0.311 e. The highest BCUT2D eigenvalue weighted by Gasteiger charge is 2.32. The third kappa shape index (κ3) is 2.97. The van der Waals surface area contributed by atoms with E-state index in [0.717, 1.165) is 29.8 Å². The lowest BCUT2D eigenvalue weighted by molar-refractivity contribution is -0.116. The summed E-state index contributed by atoms with van der Waals surface area (Å²) in [4.78, 5) is 12.5. The van der Waals surface area contributed by atoms with Gasteiger partial charge in [0.1, 0.15) is 5.82 Å². The average Bonchev–Trinajstić information content (AvgIpc) is 3.22. The Hall–Kier alpha value is -2.15. The van der Waals surface area contributed by atoms with Crippen LogP contribution in [0.2, 0.25) is 0 Å². The van der Waals surface area contributed by atoms with Crippen LogP contribution in [-0.2, 0) is 14.6 Å². The molecular formula is C18H21N3O3S. The van der Waals surface area contributed by atoms with Crippen LogP contribution in [0.1, 0.15) is 55.2 Å². The zero-order valence-corrected chi connectivity index (χ0v) is 14.9. The molecular weight excluding hydrogens is 338 g/mol. The maximum Gasteiger partial charge on any atom is 0.226 e. The van der Waals surface area contributed by atoms with Gasteiger partial charge in [-0.1, -0.05) is 25.0 Å². The summed E-state index contributed by atoms with van der Waals surface area (Å²) < 4.78 is 25.3. The normalized spacial score (nSPS) is 21.2. The molecule has 1 saturated carbocycles. The van der Waals surface area contributed by atoms with Gasteiger partial charge in [0.2, 0.25) is 5.91 Å². The molecule has 1 fully saturated rings. The van der Waals surface area contributed by atoms with E-state index in [1.54, 1.807) is 24.3 Å². The number of amides is 1. The van der Waals surface area contributed by atoms with Crippen molar-refractivity contribution in [2.75, 3.05) is 11.6 Å². The van der Waals surface area contributed by atoms with Crippen molar-refractivity contribution in [2.24, 2.45) is 0 Å².